The van der Waals surface area contributed by atoms with Gasteiger partial charge in [-0.2, -0.15) is 15.0 Å². The van der Waals surface area contributed by atoms with Crippen molar-refractivity contribution in [1.82, 2.24) is 19.9 Å². The van der Waals surface area contributed by atoms with E-state index in [1.807, 2.05) is 47.4 Å². The molecule has 0 saturated carbocycles. The average Bonchev–Trinajstić information content (AvgIpc) is 3.17. The van der Waals surface area contributed by atoms with Crippen LogP contribution in [0.2, 0.25) is 0 Å². The minimum atomic E-state index is -0.0707. The largest absolute Gasteiger partial charge is 0.318 e. The minimum Gasteiger partial charge on any atom is -0.318 e. The van der Waals surface area contributed by atoms with Gasteiger partial charge in [0.1, 0.15) is 17.2 Å². The lowest BCUT2D eigenvalue weighted by molar-refractivity contribution is -0.130. The van der Waals surface area contributed by atoms with E-state index in [1.165, 1.54) is 5.56 Å². The average molecular weight is 306 g/mol. The SMILES string of the molecule is O=C1CCC(n2nc3ccccc3n2)N1CCc1ccccc1. The number of carbonyl (C=O) groups is 1. The molecule has 1 amide bonds. The van der Waals surface area contributed by atoms with Gasteiger partial charge in [0.15, 0.2) is 0 Å². The Morgan fingerprint density at radius 3 is 2.30 bits per heavy atom. The second-order valence-corrected chi connectivity index (χ2v) is 5.85. The van der Waals surface area contributed by atoms with E-state index >= 15 is 0 Å². The minimum absolute atomic E-state index is 0.0707. The summed E-state index contributed by atoms with van der Waals surface area (Å²) in [7, 11) is 0. The molecule has 1 aliphatic rings. The zero-order valence-electron chi connectivity index (χ0n) is 12.8. The van der Waals surface area contributed by atoms with Crippen molar-refractivity contribution in [2.24, 2.45) is 0 Å². The second-order valence-electron chi connectivity index (χ2n) is 5.85. The van der Waals surface area contributed by atoms with Crippen molar-refractivity contribution < 1.29 is 4.79 Å². The fraction of sp³-hybridized carbons (Fsp3) is 0.278. The molecule has 1 aliphatic heterocycles. The maximum atomic E-state index is 12.3. The molecule has 5 nitrogen and oxygen atoms in total. The van der Waals surface area contributed by atoms with Crippen LogP contribution in [0.1, 0.15) is 24.6 Å². The number of carbonyl (C=O) groups excluding carboxylic acids is 1. The third-order valence-corrected chi connectivity index (χ3v) is 4.35. The van der Waals surface area contributed by atoms with Gasteiger partial charge in [0.2, 0.25) is 5.91 Å². The van der Waals surface area contributed by atoms with Gasteiger partial charge >= 0.3 is 0 Å². The molecular weight excluding hydrogens is 288 g/mol. The first kappa shape index (κ1) is 13.9. The Kier molecular flexibility index (Phi) is 3.54. The smallest absolute Gasteiger partial charge is 0.224 e. The molecule has 1 unspecified atom stereocenters. The highest BCUT2D eigenvalue weighted by Crippen LogP contribution is 2.27. The van der Waals surface area contributed by atoms with Crippen LogP contribution in [0, 0.1) is 0 Å². The fourth-order valence-corrected chi connectivity index (χ4v) is 3.14. The summed E-state index contributed by atoms with van der Waals surface area (Å²) >= 11 is 0. The van der Waals surface area contributed by atoms with E-state index < -0.39 is 0 Å². The number of fused-ring (bicyclic) bond motifs is 1. The van der Waals surface area contributed by atoms with Gasteiger partial charge in [-0.25, -0.2) is 0 Å². The molecule has 2 heterocycles. The Labute approximate surface area is 134 Å². The van der Waals surface area contributed by atoms with E-state index in [-0.39, 0.29) is 12.1 Å². The van der Waals surface area contributed by atoms with Crippen molar-refractivity contribution in [3.8, 4) is 0 Å². The molecule has 0 bridgehead atoms. The summed E-state index contributed by atoms with van der Waals surface area (Å²) in [5, 5.41) is 9.09. The van der Waals surface area contributed by atoms with Gasteiger partial charge in [-0.05, 0) is 30.5 Å². The van der Waals surface area contributed by atoms with Crippen molar-refractivity contribution in [1.29, 1.82) is 0 Å². The number of hydrogen-bond donors (Lipinski definition) is 0. The molecule has 0 radical (unpaired) electrons. The van der Waals surface area contributed by atoms with Crippen LogP contribution >= 0.6 is 0 Å². The van der Waals surface area contributed by atoms with Gasteiger partial charge in [-0.3, -0.25) is 4.79 Å². The number of likely N-dealkylation sites (tertiary alicyclic amines) is 1. The number of hydrogen-bond acceptors (Lipinski definition) is 3. The molecule has 5 heteroatoms. The van der Waals surface area contributed by atoms with Crippen molar-refractivity contribution in [3.05, 3.63) is 60.2 Å². The van der Waals surface area contributed by atoms with Crippen LogP contribution < -0.4 is 0 Å². The number of nitrogens with zero attached hydrogens (tertiary/aromatic N) is 4. The summed E-state index contributed by atoms with van der Waals surface area (Å²) in [5.74, 6) is 0.187. The molecule has 0 spiro atoms. The van der Waals surface area contributed by atoms with Gasteiger partial charge in [-0.15, -0.1) is 0 Å². The van der Waals surface area contributed by atoms with Gasteiger partial charge in [0, 0.05) is 13.0 Å². The Morgan fingerprint density at radius 1 is 0.957 bits per heavy atom. The number of rotatable bonds is 4. The Bertz CT molecular complexity index is 794. The van der Waals surface area contributed by atoms with Crippen molar-refractivity contribution >= 4 is 16.9 Å². The van der Waals surface area contributed by atoms with Gasteiger partial charge in [0.25, 0.3) is 0 Å². The Morgan fingerprint density at radius 2 is 1.61 bits per heavy atom. The molecule has 116 valence electrons. The van der Waals surface area contributed by atoms with Crippen LogP contribution in [0.4, 0.5) is 0 Å². The first-order chi connectivity index (χ1) is 11.3. The lowest BCUT2D eigenvalue weighted by Crippen LogP contribution is -2.33. The molecule has 1 saturated heterocycles. The predicted octanol–water partition coefficient (Wildman–Crippen LogP) is 2.80. The standard InChI is InChI=1S/C18H18N4O/c23-18-11-10-17(21(18)13-12-14-6-2-1-3-7-14)22-19-15-8-4-5-9-16(15)20-22/h1-9,17H,10-13H2. The van der Waals surface area contributed by atoms with E-state index in [2.05, 4.69) is 22.3 Å². The first-order valence-corrected chi connectivity index (χ1v) is 7.96. The van der Waals surface area contributed by atoms with Crippen molar-refractivity contribution in [2.75, 3.05) is 6.54 Å². The molecule has 23 heavy (non-hydrogen) atoms. The monoisotopic (exact) mass is 306 g/mol. The van der Waals surface area contributed by atoms with Crippen LogP contribution in [-0.2, 0) is 11.2 Å². The van der Waals surface area contributed by atoms with Gasteiger partial charge < -0.3 is 4.90 Å². The Balaban J connectivity index is 1.56. The van der Waals surface area contributed by atoms with Gasteiger partial charge in [0.05, 0.1) is 0 Å². The third kappa shape index (κ3) is 2.70. The quantitative estimate of drug-likeness (QED) is 0.745. The number of amides is 1. The summed E-state index contributed by atoms with van der Waals surface area (Å²) in [5.41, 5.74) is 2.98. The molecule has 3 aromatic rings. The van der Waals surface area contributed by atoms with Crippen molar-refractivity contribution in [3.63, 3.8) is 0 Å². The third-order valence-electron chi connectivity index (χ3n) is 4.35. The topological polar surface area (TPSA) is 51.0 Å². The summed E-state index contributed by atoms with van der Waals surface area (Å²) < 4.78 is 0. The van der Waals surface area contributed by atoms with Crippen LogP contribution in [0.3, 0.4) is 0 Å². The molecule has 1 fully saturated rings. The van der Waals surface area contributed by atoms with E-state index in [0.717, 1.165) is 23.9 Å². The fourth-order valence-electron chi connectivity index (χ4n) is 3.14. The lowest BCUT2D eigenvalue weighted by Gasteiger charge is -2.23. The second kappa shape index (κ2) is 5.83. The highest BCUT2D eigenvalue weighted by atomic mass is 16.2. The molecule has 1 atom stereocenters. The molecule has 2 aromatic carbocycles. The highest BCUT2D eigenvalue weighted by molar-refractivity contribution is 5.78. The maximum absolute atomic E-state index is 12.3. The van der Waals surface area contributed by atoms with E-state index in [1.54, 1.807) is 4.80 Å². The maximum Gasteiger partial charge on any atom is 0.224 e. The Hall–Kier alpha value is -2.69. The highest BCUT2D eigenvalue weighted by Gasteiger charge is 2.33. The number of aromatic nitrogens is 3. The zero-order chi connectivity index (χ0) is 15.6. The van der Waals surface area contributed by atoms with E-state index in [4.69, 9.17) is 0 Å². The first-order valence-electron chi connectivity index (χ1n) is 7.96. The molecule has 1 aromatic heterocycles. The summed E-state index contributed by atoms with van der Waals surface area (Å²) in [4.78, 5) is 15.9. The van der Waals surface area contributed by atoms with Crippen molar-refractivity contribution in [2.45, 2.75) is 25.4 Å². The van der Waals surface area contributed by atoms with E-state index in [0.29, 0.717) is 13.0 Å². The summed E-state index contributed by atoms with van der Waals surface area (Å²) in [6, 6.07) is 18.1. The van der Waals surface area contributed by atoms with Crippen LogP contribution in [0.5, 0.6) is 0 Å². The van der Waals surface area contributed by atoms with Crippen LogP contribution in [0.25, 0.3) is 11.0 Å². The molecule has 0 N–H and O–H groups in total. The lowest BCUT2D eigenvalue weighted by atomic mass is 10.1. The van der Waals surface area contributed by atoms with Crippen LogP contribution in [0.15, 0.2) is 54.6 Å². The summed E-state index contributed by atoms with van der Waals surface area (Å²) in [6.45, 7) is 0.700. The van der Waals surface area contributed by atoms with Crippen LogP contribution in [-0.4, -0.2) is 32.3 Å². The van der Waals surface area contributed by atoms with Gasteiger partial charge in [-0.1, -0.05) is 42.5 Å². The normalized spacial score (nSPS) is 18.0. The summed E-state index contributed by atoms with van der Waals surface area (Å²) in [6.07, 6.45) is 2.12. The molecule has 4 rings (SSSR count). The predicted molar refractivity (Wildman–Crippen MR) is 87.7 cm³/mol. The zero-order valence-corrected chi connectivity index (χ0v) is 12.8. The number of benzene rings is 2. The van der Waals surface area contributed by atoms with E-state index in [9.17, 15) is 4.79 Å². The molecular formula is C18H18N4O. The molecule has 0 aliphatic carbocycles.